The zero-order valence-corrected chi connectivity index (χ0v) is 16.3. The van der Waals surface area contributed by atoms with Gasteiger partial charge in [-0.1, -0.05) is 12.1 Å². The number of carbonyl (C=O) groups excluding carboxylic acids is 1. The lowest BCUT2D eigenvalue weighted by Crippen LogP contribution is -2.48. The summed E-state index contributed by atoms with van der Waals surface area (Å²) in [5.74, 6) is -0.729. The third kappa shape index (κ3) is 3.37. The summed E-state index contributed by atoms with van der Waals surface area (Å²) in [5.41, 5.74) is 2.22. The third-order valence-corrected chi connectivity index (χ3v) is 5.46. The van der Waals surface area contributed by atoms with Crippen molar-refractivity contribution in [2.45, 2.75) is 26.8 Å². The molecule has 26 heavy (non-hydrogen) atoms. The van der Waals surface area contributed by atoms with Gasteiger partial charge < -0.3 is 10.1 Å². The number of carbonyl (C=O) groups is 1. The molecule has 2 heterocycles. The Kier molecular flexibility index (Phi) is 5.38. The molecule has 2 aromatic rings. The number of nitrogens with one attached hydrogen (secondary N) is 1. The van der Waals surface area contributed by atoms with Crippen LogP contribution < -0.4 is 10.2 Å². The number of anilines is 1. The number of halogens is 1. The highest BCUT2D eigenvalue weighted by Crippen LogP contribution is 2.36. The Balaban J connectivity index is 2.12. The summed E-state index contributed by atoms with van der Waals surface area (Å²) in [6, 6.07) is 8.37. The summed E-state index contributed by atoms with van der Waals surface area (Å²) in [6.07, 6.45) is 0. The van der Waals surface area contributed by atoms with Crippen LogP contribution in [0.2, 0.25) is 0 Å². The third-order valence-electron chi connectivity index (χ3n) is 4.22. The number of benzene rings is 1. The molecule has 0 spiro atoms. The number of allylic oxidation sites excluding steroid dienone is 1. The Morgan fingerprint density at radius 1 is 1.38 bits per heavy atom. The number of esters is 1. The van der Waals surface area contributed by atoms with E-state index in [1.165, 1.54) is 17.4 Å². The number of rotatable bonds is 4. The van der Waals surface area contributed by atoms with Crippen molar-refractivity contribution < 1.29 is 13.9 Å². The molecular formula is C19H19FN2O2S2. The molecule has 0 unspecified atom stereocenters. The van der Waals surface area contributed by atoms with E-state index in [0.717, 1.165) is 4.88 Å². The first-order valence-electron chi connectivity index (χ1n) is 8.22. The predicted octanol–water partition coefficient (Wildman–Crippen LogP) is 4.47. The lowest BCUT2D eigenvalue weighted by Gasteiger charge is -2.37. The SMILES string of the molecule is CCOC(=O)C1=C(C)N(c2ccc(C)c(F)c2)C(=S)N[C@@H]1c1cccs1. The molecule has 0 aliphatic carbocycles. The average Bonchev–Trinajstić information content (AvgIpc) is 3.12. The molecule has 1 N–H and O–H groups in total. The Hall–Kier alpha value is -2.25. The Bertz CT molecular complexity index is 878. The Labute approximate surface area is 161 Å². The van der Waals surface area contributed by atoms with E-state index in [-0.39, 0.29) is 18.5 Å². The zero-order valence-electron chi connectivity index (χ0n) is 14.7. The zero-order chi connectivity index (χ0) is 18.8. The second kappa shape index (κ2) is 7.55. The van der Waals surface area contributed by atoms with Crippen LogP contribution in [0, 0.1) is 12.7 Å². The van der Waals surface area contributed by atoms with Gasteiger partial charge >= 0.3 is 5.97 Å². The summed E-state index contributed by atoms with van der Waals surface area (Å²) in [5, 5.41) is 5.57. The topological polar surface area (TPSA) is 41.6 Å². The fourth-order valence-corrected chi connectivity index (χ4v) is 4.06. The van der Waals surface area contributed by atoms with Gasteiger partial charge in [0.25, 0.3) is 0 Å². The maximum Gasteiger partial charge on any atom is 0.338 e. The van der Waals surface area contributed by atoms with Crippen molar-refractivity contribution in [3.8, 4) is 0 Å². The van der Waals surface area contributed by atoms with Gasteiger partial charge in [-0.3, -0.25) is 4.90 Å². The van der Waals surface area contributed by atoms with Gasteiger partial charge in [0.05, 0.1) is 23.9 Å². The number of ether oxygens (including phenoxy) is 1. The van der Waals surface area contributed by atoms with E-state index in [1.54, 1.807) is 37.8 Å². The molecule has 1 aromatic carbocycles. The van der Waals surface area contributed by atoms with Gasteiger partial charge in [-0.25, -0.2) is 9.18 Å². The highest BCUT2D eigenvalue weighted by atomic mass is 32.1. The van der Waals surface area contributed by atoms with E-state index in [4.69, 9.17) is 17.0 Å². The molecule has 0 fully saturated rings. The van der Waals surface area contributed by atoms with Crippen molar-refractivity contribution in [1.29, 1.82) is 0 Å². The molecule has 4 nitrogen and oxygen atoms in total. The van der Waals surface area contributed by atoms with Gasteiger partial charge in [0.1, 0.15) is 5.82 Å². The summed E-state index contributed by atoms with van der Waals surface area (Å²) in [4.78, 5) is 15.3. The van der Waals surface area contributed by atoms with E-state index in [2.05, 4.69) is 5.32 Å². The van der Waals surface area contributed by atoms with Crippen LogP contribution in [0.3, 0.4) is 0 Å². The van der Waals surface area contributed by atoms with E-state index in [1.807, 2.05) is 17.5 Å². The molecule has 1 aromatic heterocycles. The van der Waals surface area contributed by atoms with Crippen molar-refractivity contribution in [3.63, 3.8) is 0 Å². The standard InChI is InChI=1S/C19H19FN2O2S2/c1-4-24-18(23)16-12(3)22(13-8-7-11(2)14(20)10-13)19(25)21-17(16)15-6-5-9-26-15/h5-10,17H,4H2,1-3H3,(H,21,25)/t17-/m1/s1. The molecular weight excluding hydrogens is 371 g/mol. The fraction of sp³-hybridized carbons (Fsp3) is 0.263. The number of hydrogen-bond donors (Lipinski definition) is 1. The summed E-state index contributed by atoms with van der Waals surface area (Å²) < 4.78 is 19.3. The monoisotopic (exact) mass is 390 g/mol. The van der Waals surface area contributed by atoms with Gasteiger partial charge in [-0.15, -0.1) is 11.3 Å². The molecule has 0 saturated heterocycles. The molecule has 0 saturated carbocycles. The lowest BCUT2D eigenvalue weighted by molar-refractivity contribution is -0.139. The summed E-state index contributed by atoms with van der Waals surface area (Å²) in [7, 11) is 0. The van der Waals surface area contributed by atoms with Crippen molar-refractivity contribution in [2.24, 2.45) is 0 Å². The van der Waals surface area contributed by atoms with Crippen LogP contribution in [-0.4, -0.2) is 17.7 Å². The highest BCUT2D eigenvalue weighted by Gasteiger charge is 2.36. The number of aryl methyl sites for hydroxylation is 1. The number of hydrogen-bond acceptors (Lipinski definition) is 4. The number of nitrogens with zero attached hydrogens (tertiary/aromatic N) is 1. The van der Waals surface area contributed by atoms with E-state index < -0.39 is 5.97 Å². The van der Waals surface area contributed by atoms with Crippen LogP contribution in [0.15, 0.2) is 47.0 Å². The maximum atomic E-state index is 14.1. The molecule has 0 radical (unpaired) electrons. The minimum absolute atomic E-state index is 0.274. The minimum atomic E-state index is -0.406. The second-order valence-electron chi connectivity index (χ2n) is 5.89. The van der Waals surface area contributed by atoms with Crippen LogP contribution in [0.1, 0.15) is 30.3 Å². The average molecular weight is 391 g/mol. The Morgan fingerprint density at radius 2 is 2.15 bits per heavy atom. The second-order valence-corrected chi connectivity index (χ2v) is 7.25. The summed E-state index contributed by atoms with van der Waals surface area (Å²) >= 11 is 7.06. The normalized spacial score (nSPS) is 17.3. The van der Waals surface area contributed by atoms with Crippen molar-refractivity contribution in [1.82, 2.24) is 5.32 Å². The molecule has 3 rings (SSSR count). The molecule has 7 heteroatoms. The van der Waals surface area contributed by atoms with E-state index in [0.29, 0.717) is 27.6 Å². The maximum absolute atomic E-state index is 14.1. The van der Waals surface area contributed by atoms with Crippen molar-refractivity contribution >= 4 is 40.3 Å². The predicted molar refractivity (Wildman–Crippen MR) is 106 cm³/mol. The van der Waals surface area contributed by atoms with Crippen LogP contribution >= 0.6 is 23.6 Å². The van der Waals surface area contributed by atoms with Gasteiger partial charge in [0.15, 0.2) is 5.11 Å². The number of thiocarbonyl (C=S) groups is 1. The minimum Gasteiger partial charge on any atom is -0.463 e. The van der Waals surface area contributed by atoms with E-state index in [9.17, 15) is 9.18 Å². The quantitative estimate of drug-likeness (QED) is 0.616. The smallest absolute Gasteiger partial charge is 0.338 e. The molecule has 1 aliphatic heterocycles. The van der Waals surface area contributed by atoms with Gasteiger partial charge in [0.2, 0.25) is 0 Å². The molecule has 136 valence electrons. The van der Waals surface area contributed by atoms with Crippen LogP contribution in [0.5, 0.6) is 0 Å². The van der Waals surface area contributed by atoms with Crippen LogP contribution in [0.4, 0.5) is 10.1 Å². The van der Waals surface area contributed by atoms with Gasteiger partial charge in [-0.2, -0.15) is 0 Å². The first kappa shape index (κ1) is 18.5. The molecule has 0 bridgehead atoms. The molecule has 0 amide bonds. The summed E-state index contributed by atoms with van der Waals surface area (Å²) in [6.45, 7) is 5.54. The number of thiophene rings is 1. The molecule has 1 atom stereocenters. The highest BCUT2D eigenvalue weighted by molar-refractivity contribution is 7.80. The van der Waals surface area contributed by atoms with Crippen molar-refractivity contribution in [2.75, 3.05) is 11.5 Å². The fourth-order valence-electron chi connectivity index (χ4n) is 2.92. The first-order valence-corrected chi connectivity index (χ1v) is 9.51. The van der Waals surface area contributed by atoms with E-state index >= 15 is 0 Å². The largest absolute Gasteiger partial charge is 0.463 e. The van der Waals surface area contributed by atoms with Gasteiger partial charge in [0, 0.05) is 10.6 Å². The van der Waals surface area contributed by atoms with Gasteiger partial charge in [-0.05, 0) is 62.1 Å². The van der Waals surface area contributed by atoms with Crippen molar-refractivity contribution in [3.05, 3.63) is 63.2 Å². The molecule has 1 aliphatic rings. The lowest BCUT2D eigenvalue weighted by atomic mass is 10.00. The first-order chi connectivity index (χ1) is 12.4. The Morgan fingerprint density at radius 3 is 2.77 bits per heavy atom. The van der Waals surface area contributed by atoms with Crippen LogP contribution in [0.25, 0.3) is 0 Å². The van der Waals surface area contributed by atoms with Crippen LogP contribution in [-0.2, 0) is 9.53 Å².